The molecule has 0 bridgehead atoms. The highest BCUT2D eigenvalue weighted by atomic mass is 32.2. The monoisotopic (exact) mass is 535 g/mol. The highest BCUT2D eigenvalue weighted by molar-refractivity contribution is 7.89. The first kappa shape index (κ1) is 26.7. The van der Waals surface area contributed by atoms with E-state index in [1.807, 2.05) is 60.7 Å². The van der Waals surface area contributed by atoms with Gasteiger partial charge in [0.2, 0.25) is 10.0 Å². The lowest BCUT2D eigenvalue weighted by Gasteiger charge is -2.24. The van der Waals surface area contributed by atoms with Crippen molar-refractivity contribution in [2.75, 3.05) is 13.2 Å². The van der Waals surface area contributed by atoms with Crippen molar-refractivity contribution in [2.45, 2.75) is 55.0 Å². The molecule has 8 heteroatoms. The van der Waals surface area contributed by atoms with Gasteiger partial charge in [0.05, 0.1) is 36.9 Å². The van der Waals surface area contributed by atoms with E-state index in [4.69, 9.17) is 18.9 Å². The molecule has 0 radical (unpaired) electrons. The molecule has 0 amide bonds. The Hall–Kier alpha value is -2.85. The summed E-state index contributed by atoms with van der Waals surface area (Å²) in [6, 6.07) is 26.6. The summed E-state index contributed by atoms with van der Waals surface area (Å²) in [5.74, 6) is 0. The Labute approximate surface area is 224 Å². The zero-order chi connectivity index (χ0) is 26.4. The average Bonchev–Trinajstić information content (AvgIpc) is 3.49. The van der Waals surface area contributed by atoms with Crippen molar-refractivity contribution >= 4 is 16.1 Å². The standard InChI is InChI=1S/C30H33NO6S/c1-2-22-14-9-15-26(16-22)38(32,33)31-18-25-17-27-30(36-25)29(35-20-24-12-7-4-8-13-24)28(37-27)21-34-19-23-10-5-3-6-11-23/h2-16,25,27-31H,1,17-21H2/t25-,27+,28-,29-,30-/m1/s1. The molecular formula is C30H33NO6S. The Morgan fingerprint density at radius 3 is 2.34 bits per heavy atom. The van der Waals surface area contributed by atoms with Crippen LogP contribution in [0.4, 0.5) is 0 Å². The first-order chi connectivity index (χ1) is 18.5. The fraction of sp³-hybridized carbons (Fsp3) is 0.333. The van der Waals surface area contributed by atoms with Gasteiger partial charge in [0.25, 0.3) is 0 Å². The summed E-state index contributed by atoms with van der Waals surface area (Å²) in [6.07, 6.45) is 0.755. The first-order valence-corrected chi connectivity index (χ1v) is 14.3. The van der Waals surface area contributed by atoms with E-state index in [1.54, 1.807) is 30.3 Å². The van der Waals surface area contributed by atoms with E-state index in [9.17, 15) is 8.42 Å². The third-order valence-corrected chi connectivity index (χ3v) is 8.26. The molecule has 0 spiro atoms. The Morgan fingerprint density at radius 2 is 1.63 bits per heavy atom. The van der Waals surface area contributed by atoms with Gasteiger partial charge in [0.1, 0.15) is 18.3 Å². The molecule has 1 N–H and O–H groups in total. The maximum atomic E-state index is 12.8. The van der Waals surface area contributed by atoms with Crippen LogP contribution in [0.15, 0.2) is 96.4 Å². The number of hydrogen-bond acceptors (Lipinski definition) is 6. The van der Waals surface area contributed by atoms with Gasteiger partial charge in [-0.1, -0.05) is 85.5 Å². The summed E-state index contributed by atoms with van der Waals surface area (Å²) >= 11 is 0. The number of ether oxygens (including phenoxy) is 4. The Kier molecular flexibility index (Phi) is 8.68. The van der Waals surface area contributed by atoms with Crippen molar-refractivity contribution in [2.24, 2.45) is 0 Å². The minimum Gasteiger partial charge on any atom is -0.374 e. The maximum Gasteiger partial charge on any atom is 0.240 e. The van der Waals surface area contributed by atoms with Crippen LogP contribution in [0, 0.1) is 0 Å². The molecule has 2 aliphatic rings. The topological polar surface area (TPSA) is 83.1 Å². The fourth-order valence-corrected chi connectivity index (χ4v) is 6.01. The lowest BCUT2D eigenvalue weighted by molar-refractivity contribution is -0.100. The fourth-order valence-electron chi connectivity index (χ4n) is 4.89. The van der Waals surface area contributed by atoms with Crippen LogP contribution in [0.3, 0.4) is 0 Å². The molecule has 0 saturated carbocycles. The summed E-state index contributed by atoms with van der Waals surface area (Å²) in [4.78, 5) is 0.198. The maximum absolute atomic E-state index is 12.8. The highest BCUT2D eigenvalue weighted by Gasteiger charge is 2.51. The lowest BCUT2D eigenvalue weighted by atomic mass is 10.1. The highest BCUT2D eigenvalue weighted by Crippen LogP contribution is 2.36. The van der Waals surface area contributed by atoms with Gasteiger partial charge in [-0.05, 0) is 28.8 Å². The summed E-state index contributed by atoms with van der Waals surface area (Å²) in [7, 11) is -3.68. The molecule has 0 aromatic heterocycles. The van der Waals surface area contributed by atoms with Crippen molar-refractivity contribution in [3.8, 4) is 0 Å². The molecule has 3 aromatic rings. The zero-order valence-corrected chi connectivity index (χ0v) is 22.0. The van der Waals surface area contributed by atoms with Crippen LogP contribution < -0.4 is 4.72 Å². The normalized spacial score (nSPS) is 24.8. The Balaban J connectivity index is 1.20. The van der Waals surface area contributed by atoms with E-state index < -0.39 is 10.0 Å². The molecule has 38 heavy (non-hydrogen) atoms. The second kappa shape index (κ2) is 12.3. The predicted octanol–water partition coefficient (Wildman–Crippen LogP) is 4.34. The van der Waals surface area contributed by atoms with Gasteiger partial charge in [-0.25, -0.2) is 13.1 Å². The smallest absolute Gasteiger partial charge is 0.240 e. The van der Waals surface area contributed by atoms with Crippen molar-refractivity contribution in [3.63, 3.8) is 0 Å². The number of nitrogens with one attached hydrogen (secondary N) is 1. The van der Waals surface area contributed by atoms with E-state index in [1.165, 1.54) is 0 Å². The van der Waals surface area contributed by atoms with E-state index in [0.29, 0.717) is 26.2 Å². The number of rotatable bonds is 12. The lowest BCUT2D eigenvalue weighted by Crippen LogP contribution is -2.39. The van der Waals surface area contributed by atoms with E-state index in [2.05, 4.69) is 11.3 Å². The van der Waals surface area contributed by atoms with Crippen LogP contribution in [0.1, 0.15) is 23.1 Å². The van der Waals surface area contributed by atoms with Gasteiger partial charge >= 0.3 is 0 Å². The van der Waals surface area contributed by atoms with Crippen molar-refractivity contribution < 1.29 is 27.4 Å². The summed E-state index contributed by atoms with van der Waals surface area (Å²) < 4.78 is 53.3. The molecule has 5 atom stereocenters. The van der Waals surface area contributed by atoms with Gasteiger partial charge in [0, 0.05) is 13.0 Å². The molecule has 3 aromatic carbocycles. The Morgan fingerprint density at radius 1 is 0.921 bits per heavy atom. The number of sulfonamides is 1. The van der Waals surface area contributed by atoms with Gasteiger partial charge in [-0.15, -0.1) is 0 Å². The van der Waals surface area contributed by atoms with Crippen LogP contribution in [-0.2, 0) is 42.2 Å². The van der Waals surface area contributed by atoms with Gasteiger partial charge < -0.3 is 18.9 Å². The quantitative estimate of drug-likeness (QED) is 0.372. The number of hydrogen-bond donors (Lipinski definition) is 1. The van der Waals surface area contributed by atoms with Gasteiger partial charge in [-0.3, -0.25) is 0 Å². The molecule has 7 nitrogen and oxygen atoms in total. The van der Waals surface area contributed by atoms with Crippen LogP contribution in [0.5, 0.6) is 0 Å². The zero-order valence-electron chi connectivity index (χ0n) is 21.1. The molecule has 2 aliphatic heterocycles. The molecule has 5 rings (SSSR count). The average molecular weight is 536 g/mol. The number of benzene rings is 3. The summed E-state index contributed by atoms with van der Waals surface area (Å²) in [6.45, 7) is 5.14. The third-order valence-electron chi connectivity index (χ3n) is 6.84. The molecule has 200 valence electrons. The van der Waals surface area contributed by atoms with Crippen molar-refractivity contribution in [3.05, 3.63) is 108 Å². The SMILES string of the molecule is C=Cc1cccc(S(=O)(=O)NC[C@H]2C[C@@H]3O[C@H](COCc4ccccc4)[C@@H](OCc4ccccc4)[C@@H]3O2)c1. The molecule has 0 aliphatic carbocycles. The Bertz CT molecular complexity index is 1300. The van der Waals surface area contributed by atoms with Crippen LogP contribution in [0.25, 0.3) is 6.08 Å². The van der Waals surface area contributed by atoms with Crippen LogP contribution in [0.2, 0.25) is 0 Å². The molecule has 2 heterocycles. The first-order valence-electron chi connectivity index (χ1n) is 12.8. The molecule has 2 saturated heterocycles. The van der Waals surface area contributed by atoms with Crippen molar-refractivity contribution in [1.29, 1.82) is 0 Å². The second-order valence-electron chi connectivity index (χ2n) is 9.56. The molecule has 0 unspecified atom stereocenters. The van der Waals surface area contributed by atoms with Gasteiger partial charge in [-0.2, -0.15) is 0 Å². The molecular weight excluding hydrogens is 502 g/mol. The summed E-state index contributed by atoms with van der Waals surface area (Å²) in [5.41, 5.74) is 2.89. The largest absolute Gasteiger partial charge is 0.374 e. The second-order valence-corrected chi connectivity index (χ2v) is 11.3. The molecule has 2 fully saturated rings. The number of fused-ring (bicyclic) bond motifs is 1. The summed E-state index contributed by atoms with van der Waals surface area (Å²) in [5, 5.41) is 0. The van der Waals surface area contributed by atoms with Crippen LogP contribution in [-0.4, -0.2) is 52.1 Å². The minimum absolute atomic E-state index is 0.150. The predicted molar refractivity (Wildman–Crippen MR) is 145 cm³/mol. The van der Waals surface area contributed by atoms with E-state index in [-0.39, 0.29) is 42.0 Å². The van der Waals surface area contributed by atoms with Gasteiger partial charge in [0.15, 0.2) is 0 Å². The van der Waals surface area contributed by atoms with E-state index >= 15 is 0 Å². The van der Waals surface area contributed by atoms with Crippen molar-refractivity contribution in [1.82, 2.24) is 4.72 Å². The minimum atomic E-state index is -3.68. The van der Waals surface area contributed by atoms with E-state index in [0.717, 1.165) is 16.7 Å². The van der Waals surface area contributed by atoms with Crippen LogP contribution >= 0.6 is 0 Å². The third kappa shape index (κ3) is 6.58.